The predicted molar refractivity (Wildman–Crippen MR) is 72.4 cm³/mol. The van der Waals surface area contributed by atoms with Crippen molar-refractivity contribution in [2.45, 2.75) is 27.2 Å². The molecule has 0 aliphatic rings. The Balaban J connectivity index is 3.12. The van der Waals surface area contributed by atoms with Crippen LogP contribution in [0.2, 0.25) is 0 Å². The smallest absolute Gasteiger partial charge is 0.269 e. The van der Waals surface area contributed by atoms with Gasteiger partial charge in [-0.15, -0.1) is 0 Å². The number of benzene rings is 1. The largest absolute Gasteiger partial charge is 0.496 e. The second-order valence-corrected chi connectivity index (χ2v) is 4.92. The minimum Gasteiger partial charge on any atom is -0.496 e. The van der Waals surface area contributed by atoms with Crippen LogP contribution in [0.1, 0.15) is 26.3 Å². The van der Waals surface area contributed by atoms with Crippen molar-refractivity contribution in [1.29, 1.82) is 0 Å². The molecule has 0 amide bonds. The molecule has 1 atom stereocenters. The lowest BCUT2D eigenvalue weighted by Crippen LogP contribution is -2.20. The zero-order valence-electron chi connectivity index (χ0n) is 11.7. The molecule has 0 saturated heterocycles. The first-order chi connectivity index (χ1) is 8.86. The third kappa shape index (κ3) is 3.77. The van der Waals surface area contributed by atoms with Crippen LogP contribution >= 0.6 is 0 Å². The van der Waals surface area contributed by atoms with Crippen molar-refractivity contribution in [3.8, 4) is 5.75 Å². The monoisotopic (exact) mass is 265 g/mol. The molecule has 104 valence electrons. The van der Waals surface area contributed by atoms with E-state index in [9.17, 15) is 14.9 Å². The van der Waals surface area contributed by atoms with Crippen LogP contribution in [-0.4, -0.2) is 17.8 Å². The molecule has 0 bridgehead atoms. The number of nitro benzene ring substituents is 1. The zero-order chi connectivity index (χ0) is 14.6. The average Bonchev–Trinajstić information content (AvgIpc) is 2.34. The van der Waals surface area contributed by atoms with Crippen LogP contribution in [0.15, 0.2) is 18.2 Å². The van der Waals surface area contributed by atoms with Crippen molar-refractivity contribution in [3.05, 3.63) is 33.9 Å². The summed E-state index contributed by atoms with van der Waals surface area (Å²) >= 11 is 0. The van der Waals surface area contributed by atoms with Gasteiger partial charge in [-0.3, -0.25) is 14.9 Å². The highest BCUT2D eigenvalue weighted by Crippen LogP contribution is 2.28. The van der Waals surface area contributed by atoms with E-state index in [0.717, 1.165) is 0 Å². The maximum Gasteiger partial charge on any atom is 0.269 e. The number of rotatable bonds is 6. The van der Waals surface area contributed by atoms with E-state index in [1.807, 2.05) is 13.8 Å². The summed E-state index contributed by atoms with van der Waals surface area (Å²) in [5.74, 6) is 0.693. The number of hydrogen-bond acceptors (Lipinski definition) is 4. The van der Waals surface area contributed by atoms with E-state index in [1.54, 1.807) is 13.0 Å². The number of ether oxygens (including phenoxy) is 1. The minimum atomic E-state index is -0.443. The number of carbonyl (C=O) groups is 1. The number of non-ortho nitro benzene ring substituents is 1. The molecule has 1 aromatic carbocycles. The van der Waals surface area contributed by atoms with Gasteiger partial charge in [-0.2, -0.15) is 0 Å². The molecule has 0 spiro atoms. The number of methoxy groups -OCH3 is 1. The zero-order valence-corrected chi connectivity index (χ0v) is 11.7. The van der Waals surface area contributed by atoms with E-state index in [1.165, 1.54) is 19.2 Å². The Morgan fingerprint density at radius 3 is 2.47 bits per heavy atom. The van der Waals surface area contributed by atoms with Crippen LogP contribution in [0.5, 0.6) is 5.75 Å². The Hall–Kier alpha value is -1.91. The summed E-state index contributed by atoms with van der Waals surface area (Å²) in [5, 5.41) is 10.8. The number of carbonyl (C=O) groups excluding carboxylic acids is 1. The maximum absolute atomic E-state index is 11.6. The molecule has 0 heterocycles. The molecule has 0 radical (unpaired) electrons. The van der Waals surface area contributed by atoms with Gasteiger partial charge in [0.2, 0.25) is 0 Å². The van der Waals surface area contributed by atoms with Gasteiger partial charge in [0.1, 0.15) is 11.5 Å². The molecular formula is C14H19NO4. The summed E-state index contributed by atoms with van der Waals surface area (Å²) in [6.07, 6.45) is 0.456. The quantitative estimate of drug-likeness (QED) is 0.585. The number of Topliss-reactive ketones (excluding diaryl/α,β-unsaturated/α-hetero) is 1. The van der Waals surface area contributed by atoms with E-state index in [0.29, 0.717) is 17.7 Å². The Morgan fingerprint density at radius 1 is 1.42 bits per heavy atom. The molecule has 5 nitrogen and oxygen atoms in total. The van der Waals surface area contributed by atoms with Crippen molar-refractivity contribution in [1.82, 2.24) is 0 Å². The molecule has 0 aromatic heterocycles. The van der Waals surface area contributed by atoms with Crippen molar-refractivity contribution in [3.63, 3.8) is 0 Å². The summed E-state index contributed by atoms with van der Waals surface area (Å²) < 4.78 is 5.21. The SMILES string of the molecule is COc1ccc([N+](=O)[O-])cc1CC(C(C)=O)C(C)C. The number of ketones is 1. The first-order valence-electron chi connectivity index (χ1n) is 6.18. The van der Waals surface area contributed by atoms with E-state index < -0.39 is 4.92 Å². The van der Waals surface area contributed by atoms with Crippen molar-refractivity contribution in [2.75, 3.05) is 7.11 Å². The molecule has 0 aliphatic carbocycles. The number of nitro groups is 1. The first kappa shape index (κ1) is 15.1. The fourth-order valence-electron chi connectivity index (χ4n) is 2.12. The van der Waals surface area contributed by atoms with Gasteiger partial charge in [0.15, 0.2) is 0 Å². The van der Waals surface area contributed by atoms with Gasteiger partial charge in [0.05, 0.1) is 12.0 Å². The summed E-state index contributed by atoms with van der Waals surface area (Å²) in [4.78, 5) is 22.0. The van der Waals surface area contributed by atoms with Crippen LogP contribution < -0.4 is 4.74 Å². The summed E-state index contributed by atoms with van der Waals surface area (Å²) in [7, 11) is 1.52. The normalized spacial score (nSPS) is 12.3. The fraction of sp³-hybridized carbons (Fsp3) is 0.500. The molecule has 0 saturated carbocycles. The summed E-state index contributed by atoms with van der Waals surface area (Å²) in [6.45, 7) is 5.49. The molecule has 0 aliphatic heterocycles. The van der Waals surface area contributed by atoms with Crippen LogP contribution in [0.4, 0.5) is 5.69 Å². The van der Waals surface area contributed by atoms with E-state index in [4.69, 9.17) is 4.74 Å². The van der Waals surface area contributed by atoms with Gasteiger partial charge >= 0.3 is 0 Å². The Bertz CT molecular complexity index is 482. The second-order valence-electron chi connectivity index (χ2n) is 4.92. The van der Waals surface area contributed by atoms with Crippen LogP contribution in [0, 0.1) is 22.0 Å². The highest BCUT2D eigenvalue weighted by atomic mass is 16.6. The molecule has 1 unspecified atom stereocenters. The van der Waals surface area contributed by atoms with Crippen molar-refractivity contribution >= 4 is 11.5 Å². The Morgan fingerprint density at radius 2 is 2.05 bits per heavy atom. The van der Waals surface area contributed by atoms with Crippen LogP contribution in [0.25, 0.3) is 0 Å². The molecule has 5 heteroatoms. The van der Waals surface area contributed by atoms with Gasteiger partial charge in [0, 0.05) is 23.6 Å². The van der Waals surface area contributed by atoms with E-state index in [-0.39, 0.29) is 23.3 Å². The predicted octanol–water partition coefficient (Wildman–Crippen LogP) is 3.01. The third-order valence-corrected chi connectivity index (χ3v) is 3.24. The third-order valence-electron chi connectivity index (χ3n) is 3.24. The lowest BCUT2D eigenvalue weighted by molar-refractivity contribution is -0.384. The molecule has 1 aromatic rings. The number of nitrogens with zero attached hydrogens (tertiary/aromatic N) is 1. The average molecular weight is 265 g/mol. The summed E-state index contributed by atoms with van der Waals surface area (Å²) in [6, 6.07) is 4.46. The lowest BCUT2D eigenvalue weighted by Gasteiger charge is -2.19. The number of hydrogen-bond donors (Lipinski definition) is 0. The molecule has 19 heavy (non-hydrogen) atoms. The molecule has 1 rings (SSSR count). The minimum absolute atomic E-state index is 0.0156. The highest BCUT2D eigenvalue weighted by Gasteiger charge is 2.22. The summed E-state index contributed by atoms with van der Waals surface area (Å²) in [5.41, 5.74) is 0.715. The van der Waals surface area contributed by atoms with Crippen molar-refractivity contribution in [2.24, 2.45) is 11.8 Å². The molecule has 0 N–H and O–H groups in total. The topological polar surface area (TPSA) is 69.4 Å². The fourth-order valence-corrected chi connectivity index (χ4v) is 2.12. The standard InChI is InChI=1S/C14H19NO4/c1-9(2)13(10(3)16)8-11-7-12(15(17)18)5-6-14(11)19-4/h5-7,9,13H,8H2,1-4H3. The van der Waals surface area contributed by atoms with Gasteiger partial charge in [-0.05, 0) is 25.3 Å². The van der Waals surface area contributed by atoms with Gasteiger partial charge in [-0.25, -0.2) is 0 Å². The molecule has 0 fully saturated rings. The lowest BCUT2D eigenvalue weighted by atomic mass is 9.86. The Kier molecular flexibility index (Phi) is 5.03. The van der Waals surface area contributed by atoms with Crippen LogP contribution in [-0.2, 0) is 11.2 Å². The maximum atomic E-state index is 11.6. The van der Waals surface area contributed by atoms with E-state index >= 15 is 0 Å². The highest BCUT2D eigenvalue weighted by molar-refractivity contribution is 5.79. The van der Waals surface area contributed by atoms with Crippen molar-refractivity contribution < 1.29 is 14.5 Å². The Labute approximate surface area is 112 Å². The molecular weight excluding hydrogens is 246 g/mol. The van der Waals surface area contributed by atoms with Gasteiger partial charge in [0.25, 0.3) is 5.69 Å². The van der Waals surface area contributed by atoms with Gasteiger partial charge < -0.3 is 4.74 Å². The first-order valence-corrected chi connectivity index (χ1v) is 6.18. The second kappa shape index (κ2) is 6.31. The van der Waals surface area contributed by atoms with Gasteiger partial charge in [-0.1, -0.05) is 13.8 Å². The van der Waals surface area contributed by atoms with E-state index in [2.05, 4.69) is 0 Å². The van der Waals surface area contributed by atoms with Crippen LogP contribution in [0.3, 0.4) is 0 Å².